The van der Waals surface area contributed by atoms with Crippen molar-refractivity contribution in [3.05, 3.63) is 23.8 Å². The largest absolute Gasteiger partial charge is 0.744 e. The third-order valence-electron chi connectivity index (χ3n) is 5.68. The minimum absolute atomic E-state index is 0.0691. The molecule has 0 aromatic heterocycles. The summed E-state index contributed by atoms with van der Waals surface area (Å²) in [6.07, 6.45) is 19.4. The van der Waals surface area contributed by atoms with Crippen LogP contribution in [0, 0.1) is 0 Å². The fourth-order valence-corrected chi connectivity index (χ4v) is 4.90. The number of quaternary nitrogens is 1. The highest BCUT2D eigenvalue weighted by Crippen LogP contribution is 2.23. The summed E-state index contributed by atoms with van der Waals surface area (Å²) in [5.74, 6) is 0. The van der Waals surface area contributed by atoms with Crippen molar-refractivity contribution in [3.63, 3.8) is 0 Å². The molecule has 168 valence electrons. The lowest BCUT2D eigenvalue weighted by Crippen LogP contribution is -3.00. The van der Waals surface area contributed by atoms with E-state index >= 15 is 0 Å². The molecule has 0 amide bonds. The predicted molar refractivity (Wildman–Crippen MR) is 121 cm³/mol. The van der Waals surface area contributed by atoms with Gasteiger partial charge in [-0.25, -0.2) is 8.42 Å². The Morgan fingerprint density at radius 2 is 1.21 bits per heavy atom. The van der Waals surface area contributed by atoms with Crippen molar-refractivity contribution in [1.29, 1.82) is 0 Å². The van der Waals surface area contributed by atoms with Crippen molar-refractivity contribution in [1.82, 2.24) is 0 Å². The first-order chi connectivity index (χ1) is 13.9. The molecule has 0 radical (unpaired) electrons. The molecule has 0 unspecified atom stereocenters. The van der Waals surface area contributed by atoms with Gasteiger partial charge in [0.1, 0.15) is 15.0 Å². The van der Waals surface area contributed by atoms with Gasteiger partial charge in [-0.3, -0.25) is 0 Å². The van der Waals surface area contributed by atoms with Crippen LogP contribution in [0.15, 0.2) is 23.1 Å². The summed E-state index contributed by atoms with van der Waals surface area (Å²) < 4.78 is 34.6. The molecule has 4 nitrogen and oxygen atoms in total. The Labute approximate surface area is 179 Å². The molecule has 0 aliphatic heterocycles. The third kappa shape index (κ3) is 11.2. The highest BCUT2D eigenvalue weighted by atomic mass is 32.2. The number of unbranched alkanes of at least 4 members (excludes halogenated alkanes) is 13. The summed E-state index contributed by atoms with van der Waals surface area (Å²) in [4.78, 5) is 0.820. The lowest BCUT2D eigenvalue weighted by atomic mass is 10.0. The number of benzene rings is 1. The molecular formula is C24H43NO3S. The molecule has 1 aromatic rings. The molecule has 29 heavy (non-hydrogen) atoms. The van der Waals surface area contributed by atoms with Crippen LogP contribution in [-0.2, 0) is 16.5 Å². The quantitative estimate of drug-likeness (QED) is 0.269. The molecular weight excluding hydrogens is 382 g/mol. The summed E-state index contributed by atoms with van der Waals surface area (Å²) in [6, 6.07) is 5.08. The second-order valence-corrected chi connectivity index (χ2v) is 9.94. The highest BCUT2D eigenvalue weighted by molar-refractivity contribution is 7.85. The number of aryl methyl sites for hydroxylation is 1. The van der Waals surface area contributed by atoms with Gasteiger partial charge >= 0.3 is 0 Å². The van der Waals surface area contributed by atoms with Gasteiger partial charge in [-0.05, 0) is 18.9 Å². The average molecular weight is 426 g/mol. The second kappa shape index (κ2) is 15.0. The summed E-state index contributed by atoms with van der Waals surface area (Å²) in [5, 5.41) is 0. The van der Waals surface area contributed by atoms with Crippen molar-refractivity contribution in [3.8, 4) is 0 Å². The minimum Gasteiger partial charge on any atom is -0.744 e. The van der Waals surface area contributed by atoms with E-state index in [0.29, 0.717) is 5.69 Å². The van der Waals surface area contributed by atoms with Gasteiger partial charge in [-0.2, -0.15) is 0 Å². The van der Waals surface area contributed by atoms with Crippen LogP contribution in [0.1, 0.15) is 102 Å². The van der Waals surface area contributed by atoms with Crippen LogP contribution >= 0.6 is 0 Å². The smallest absolute Gasteiger partial charge is 0.151 e. The molecule has 0 spiro atoms. The minimum atomic E-state index is -4.43. The first-order valence-corrected chi connectivity index (χ1v) is 13.2. The van der Waals surface area contributed by atoms with E-state index < -0.39 is 10.1 Å². The Hall–Kier alpha value is -0.910. The van der Waals surface area contributed by atoms with Crippen molar-refractivity contribution in [2.24, 2.45) is 0 Å². The van der Waals surface area contributed by atoms with Gasteiger partial charge in [0.05, 0.1) is 14.1 Å². The summed E-state index contributed by atoms with van der Waals surface area (Å²) in [7, 11) is -0.683. The maximum absolute atomic E-state index is 11.5. The molecule has 0 saturated heterocycles. The van der Waals surface area contributed by atoms with E-state index in [4.69, 9.17) is 0 Å². The zero-order valence-electron chi connectivity index (χ0n) is 19.0. The van der Waals surface area contributed by atoms with Gasteiger partial charge in [0.15, 0.2) is 5.69 Å². The molecule has 1 aromatic carbocycles. The maximum Gasteiger partial charge on any atom is 0.151 e. The van der Waals surface area contributed by atoms with Crippen molar-refractivity contribution in [2.75, 3.05) is 14.1 Å². The van der Waals surface area contributed by atoms with Crippen LogP contribution in [0.4, 0.5) is 5.69 Å². The highest BCUT2D eigenvalue weighted by Gasteiger charge is 2.18. The van der Waals surface area contributed by atoms with E-state index in [1.54, 1.807) is 6.07 Å². The van der Waals surface area contributed by atoms with Gasteiger partial charge in [-0.15, -0.1) is 0 Å². The van der Waals surface area contributed by atoms with Gasteiger partial charge in [-0.1, -0.05) is 103 Å². The number of hydrogen-bond acceptors (Lipinski definition) is 3. The van der Waals surface area contributed by atoms with Crippen molar-refractivity contribution < 1.29 is 17.9 Å². The molecule has 5 heteroatoms. The van der Waals surface area contributed by atoms with Crippen LogP contribution in [0.25, 0.3) is 0 Å². The number of nitrogens with one attached hydrogen (secondary N) is 1. The van der Waals surface area contributed by atoms with Gasteiger partial charge in [0.25, 0.3) is 0 Å². The number of rotatable bonds is 17. The molecule has 0 bridgehead atoms. The Balaban J connectivity index is 2.17. The van der Waals surface area contributed by atoms with Crippen LogP contribution in [0.2, 0.25) is 0 Å². The molecule has 0 atom stereocenters. The predicted octanol–water partition coefficient (Wildman–Crippen LogP) is 5.39. The van der Waals surface area contributed by atoms with Crippen LogP contribution in [-0.4, -0.2) is 27.1 Å². The molecule has 1 N–H and O–H groups in total. The van der Waals surface area contributed by atoms with Crippen molar-refractivity contribution in [2.45, 2.75) is 108 Å². The first-order valence-electron chi connectivity index (χ1n) is 11.8. The lowest BCUT2D eigenvalue weighted by molar-refractivity contribution is -0.788. The Morgan fingerprint density at radius 1 is 0.759 bits per heavy atom. The summed E-state index contributed by atoms with van der Waals surface area (Å²) >= 11 is 0. The van der Waals surface area contributed by atoms with E-state index in [2.05, 4.69) is 6.92 Å². The summed E-state index contributed by atoms with van der Waals surface area (Å²) in [6.45, 7) is 2.26. The Bertz CT molecular complexity index is 656. The monoisotopic (exact) mass is 425 g/mol. The zero-order valence-corrected chi connectivity index (χ0v) is 19.8. The van der Waals surface area contributed by atoms with Gasteiger partial charge < -0.3 is 9.45 Å². The molecule has 0 fully saturated rings. The van der Waals surface area contributed by atoms with Crippen LogP contribution in [0.5, 0.6) is 0 Å². The first kappa shape index (κ1) is 26.1. The Morgan fingerprint density at radius 3 is 1.62 bits per heavy atom. The van der Waals surface area contributed by atoms with E-state index in [-0.39, 0.29) is 4.90 Å². The van der Waals surface area contributed by atoms with Gasteiger partial charge in [0, 0.05) is 5.56 Å². The average Bonchev–Trinajstić information content (AvgIpc) is 2.67. The van der Waals surface area contributed by atoms with E-state index in [1.807, 2.05) is 20.2 Å². The van der Waals surface area contributed by atoms with Gasteiger partial charge in [0.2, 0.25) is 0 Å². The molecule has 0 aliphatic carbocycles. The molecule has 1 rings (SSSR count). The normalized spacial score (nSPS) is 12.0. The molecule has 0 saturated carbocycles. The fraction of sp³-hybridized carbons (Fsp3) is 0.750. The van der Waals surface area contributed by atoms with E-state index in [9.17, 15) is 13.0 Å². The van der Waals surface area contributed by atoms with E-state index in [0.717, 1.165) is 29.7 Å². The second-order valence-electron chi connectivity index (χ2n) is 8.59. The number of hydrogen-bond donors (Lipinski definition) is 1. The topological polar surface area (TPSA) is 61.6 Å². The SMILES string of the molecule is CCCCCCCCCCCCCCCCc1cccc(S(=O)(=O)[O-])c1[NH+](C)C. The summed E-state index contributed by atoms with van der Waals surface area (Å²) in [5.41, 5.74) is 1.62. The zero-order chi connectivity index (χ0) is 21.5. The van der Waals surface area contributed by atoms with Crippen molar-refractivity contribution >= 4 is 15.8 Å². The fourth-order valence-electron chi connectivity index (χ4n) is 4.07. The molecule has 0 heterocycles. The third-order valence-corrected chi connectivity index (χ3v) is 6.56. The Kier molecular flexibility index (Phi) is 13.5. The molecule has 0 aliphatic rings. The standard InChI is InChI=1S/C24H43NO3S/c1-4-5-6-7-8-9-10-11-12-13-14-15-16-17-19-22-20-18-21-23(29(26,27)28)24(22)25(2)3/h18,20-21H,4-17,19H2,1-3H3,(H,26,27,28). The van der Waals surface area contributed by atoms with E-state index in [1.165, 1.54) is 83.1 Å². The maximum atomic E-state index is 11.5. The van der Waals surface area contributed by atoms with Crippen LogP contribution in [0.3, 0.4) is 0 Å². The number of para-hydroxylation sites is 1. The van der Waals surface area contributed by atoms with Crippen LogP contribution < -0.4 is 4.90 Å². The lowest BCUT2D eigenvalue weighted by Gasteiger charge is -2.18.